The van der Waals surface area contributed by atoms with Crippen molar-refractivity contribution in [1.82, 2.24) is 4.90 Å². The Kier molecular flexibility index (Phi) is 5.07. The van der Waals surface area contributed by atoms with E-state index >= 15 is 0 Å². The quantitative estimate of drug-likeness (QED) is 0.664. The highest BCUT2D eigenvalue weighted by atomic mass is 16.5. The van der Waals surface area contributed by atoms with Gasteiger partial charge in [-0.1, -0.05) is 36.4 Å². The molecule has 2 aromatic carbocycles. The Balaban J connectivity index is 2.10. The molecule has 0 aliphatic carbocycles. The van der Waals surface area contributed by atoms with E-state index < -0.39 is 5.97 Å². The zero-order valence-corrected chi connectivity index (χ0v) is 15.3. The number of esters is 1. The first-order chi connectivity index (χ1) is 12.9. The summed E-state index contributed by atoms with van der Waals surface area (Å²) in [6, 6.07) is 13.9. The van der Waals surface area contributed by atoms with Crippen LogP contribution in [0.15, 0.2) is 57.7 Å². The largest absolute Gasteiger partial charge is 0.455 e. The zero-order valence-electron chi connectivity index (χ0n) is 15.3. The highest BCUT2D eigenvalue weighted by Gasteiger charge is 2.20. The maximum atomic E-state index is 12.8. The first kappa shape index (κ1) is 18.4. The van der Waals surface area contributed by atoms with Gasteiger partial charge < -0.3 is 14.1 Å². The Morgan fingerprint density at radius 3 is 2.41 bits per heavy atom. The number of rotatable bonds is 4. The lowest BCUT2D eigenvalue weighted by Crippen LogP contribution is -2.27. The van der Waals surface area contributed by atoms with Gasteiger partial charge in [0, 0.05) is 25.2 Å². The van der Waals surface area contributed by atoms with Gasteiger partial charge in [-0.3, -0.25) is 9.59 Å². The van der Waals surface area contributed by atoms with E-state index in [1.165, 1.54) is 11.0 Å². The molecule has 27 heavy (non-hydrogen) atoms. The molecular formula is C21H19NO5. The molecule has 0 fully saturated rings. The van der Waals surface area contributed by atoms with Gasteiger partial charge in [0.2, 0.25) is 0 Å². The Labute approximate surface area is 156 Å². The van der Waals surface area contributed by atoms with E-state index in [0.717, 1.165) is 5.56 Å². The topological polar surface area (TPSA) is 76.8 Å². The fraction of sp³-hybridized carbons (Fsp3) is 0.190. The SMILES string of the molecule is Cc1c(-c2ccccc2)oc2c(C(=O)OCC(=O)N(C)C)cccc2c1=O. The molecule has 138 valence electrons. The predicted molar refractivity (Wildman–Crippen MR) is 102 cm³/mol. The van der Waals surface area contributed by atoms with Gasteiger partial charge in [0.1, 0.15) is 11.3 Å². The van der Waals surface area contributed by atoms with Crippen molar-refractivity contribution in [3.05, 3.63) is 69.9 Å². The molecule has 3 rings (SSSR count). The Morgan fingerprint density at radius 2 is 1.74 bits per heavy atom. The molecule has 0 saturated carbocycles. The smallest absolute Gasteiger partial charge is 0.342 e. The second-order valence-electron chi connectivity index (χ2n) is 6.30. The molecule has 0 aliphatic rings. The van der Waals surface area contributed by atoms with Gasteiger partial charge in [-0.2, -0.15) is 0 Å². The Bertz CT molecular complexity index is 1070. The summed E-state index contributed by atoms with van der Waals surface area (Å²) in [4.78, 5) is 38.2. The van der Waals surface area contributed by atoms with Crippen molar-refractivity contribution < 1.29 is 18.7 Å². The van der Waals surface area contributed by atoms with Gasteiger partial charge in [0.25, 0.3) is 5.91 Å². The van der Waals surface area contributed by atoms with Crippen molar-refractivity contribution in [2.45, 2.75) is 6.92 Å². The molecule has 1 amide bonds. The normalized spacial score (nSPS) is 10.6. The fourth-order valence-electron chi connectivity index (χ4n) is 2.67. The number of carbonyl (C=O) groups is 2. The van der Waals surface area contributed by atoms with Crippen molar-refractivity contribution in [1.29, 1.82) is 0 Å². The minimum Gasteiger partial charge on any atom is -0.455 e. The maximum Gasteiger partial charge on any atom is 0.342 e. The highest BCUT2D eigenvalue weighted by molar-refractivity contribution is 6.02. The molecule has 1 aromatic heterocycles. The molecule has 0 radical (unpaired) electrons. The number of nitrogens with zero attached hydrogens (tertiary/aromatic N) is 1. The third-order valence-electron chi connectivity index (χ3n) is 4.23. The van der Waals surface area contributed by atoms with Crippen LogP contribution in [0, 0.1) is 6.92 Å². The van der Waals surface area contributed by atoms with Crippen LogP contribution in [-0.2, 0) is 9.53 Å². The number of carbonyl (C=O) groups excluding carboxylic acids is 2. The summed E-state index contributed by atoms with van der Waals surface area (Å²) in [5.74, 6) is -0.662. The van der Waals surface area contributed by atoms with Crippen molar-refractivity contribution in [2.75, 3.05) is 20.7 Å². The summed E-state index contributed by atoms with van der Waals surface area (Å²) < 4.78 is 11.1. The summed E-state index contributed by atoms with van der Waals surface area (Å²) >= 11 is 0. The molecule has 0 saturated heterocycles. The van der Waals surface area contributed by atoms with Crippen LogP contribution < -0.4 is 5.43 Å². The van der Waals surface area contributed by atoms with Crippen molar-refractivity contribution in [2.24, 2.45) is 0 Å². The minimum absolute atomic E-state index is 0.105. The molecule has 0 atom stereocenters. The van der Waals surface area contributed by atoms with Crippen LogP contribution in [-0.4, -0.2) is 37.5 Å². The monoisotopic (exact) mass is 365 g/mol. The number of para-hydroxylation sites is 1. The first-order valence-corrected chi connectivity index (χ1v) is 8.39. The number of likely N-dealkylation sites (N-methyl/N-ethyl adjacent to an activating group) is 1. The van der Waals surface area contributed by atoms with Crippen LogP contribution in [0.1, 0.15) is 15.9 Å². The number of fused-ring (bicyclic) bond motifs is 1. The van der Waals surface area contributed by atoms with Crippen LogP contribution in [0.25, 0.3) is 22.3 Å². The number of ether oxygens (including phenoxy) is 1. The van der Waals surface area contributed by atoms with E-state index in [-0.39, 0.29) is 29.1 Å². The highest BCUT2D eigenvalue weighted by Crippen LogP contribution is 2.27. The average molecular weight is 365 g/mol. The standard InChI is InChI=1S/C21H19NO5/c1-13-18(24)15-10-7-11-16(21(25)26-12-17(23)22(2)3)20(15)27-19(13)14-8-5-4-6-9-14/h4-11H,12H2,1-3H3. The van der Waals surface area contributed by atoms with Crippen molar-refractivity contribution in [3.63, 3.8) is 0 Å². The van der Waals surface area contributed by atoms with Gasteiger partial charge in [-0.05, 0) is 19.1 Å². The van der Waals surface area contributed by atoms with Gasteiger partial charge in [-0.25, -0.2) is 4.79 Å². The number of benzene rings is 2. The van der Waals surface area contributed by atoms with Gasteiger partial charge >= 0.3 is 5.97 Å². The van der Waals surface area contributed by atoms with Crippen LogP contribution in [0.3, 0.4) is 0 Å². The van der Waals surface area contributed by atoms with E-state index in [9.17, 15) is 14.4 Å². The summed E-state index contributed by atoms with van der Waals surface area (Å²) in [5.41, 5.74) is 1.23. The van der Waals surface area contributed by atoms with Crippen LogP contribution in [0.4, 0.5) is 0 Å². The van der Waals surface area contributed by atoms with E-state index in [1.54, 1.807) is 33.2 Å². The zero-order chi connectivity index (χ0) is 19.6. The summed E-state index contributed by atoms with van der Waals surface area (Å²) in [7, 11) is 3.14. The van der Waals surface area contributed by atoms with Gasteiger partial charge in [-0.15, -0.1) is 0 Å². The molecule has 6 nitrogen and oxygen atoms in total. The molecule has 1 heterocycles. The van der Waals surface area contributed by atoms with E-state index in [1.807, 2.05) is 30.3 Å². The van der Waals surface area contributed by atoms with E-state index in [0.29, 0.717) is 16.7 Å². The van der Waals surface area contributed by atoms with Crippen LogP contribution >= 0.6 is 0 Å². The lowest BCUT2D eigenvalue weighted by Gasteiger charge is -2.12. The van der Waals surface area contributed by atoms with E-state index in [4.69, 9.17) is 9.15 Å². The molecule has 0 bridgehead atoms. The molecular weight excluding hydrogens is 346 g/mol. The van der Waals surface area contributed by atoms with Gasteiger partial charge in [0.05, 0.1) is 5.39 Å². The lowest BCUT2D eigenvalue weighted by molar-refractivity contribution is -0.131. The molecule has 0 unspecified atom stereocenters. The molecule has 6 heteroatoms. The predicted octanol–water partition coefficient (Wildman–Crippen LogP) is 3.01. The minimum atomic E-state index is -0.721. The number of amides is 1. The summed E-state index contributed by atoms with van der Waals surface area (Å²) in [6.07, 6.45) is 0. The van der Waals surface area contributed by atoms with Crippen molar-refractivity contribution in [3.8, 4) is 11.3 Å². The second-order valence-corrected chi connectivity index (χ2v) is 6.30. The number of hydrogen-bond donors (Lipinski definition) is 0. The second kappa shape index (κ2) is 7.45. The maximum absolute atomic E-state index is 12.8. The fourth-order valence-corrected chi connectivity index (χ4v) is 2.67. The molecule has 0 spiro atoms. The van der Waals surface area contributed by atoms with Crippen LogP contribution in [0.2, 0.25) is 0 Å². The Morgan fingerprint density at radius 1 is 1.04 bits per heavy atom. The molecule has 0 aliphatic heterocycles. The van der Waals surface area contributed by atoms with Crippen LogP contribution in [0.5, 0.6) is 0 Å². The third-order valence-corrected chi connectivity index (χ3v) is 4.23. The first-order valence-electron chi connectivity index (χ1n) is 8.39. The molecule has 0 N–H and O–H groups in total. The van der Waals surface area contributed by atoms with Gasteiger partial charge in [0.15, 0.2) is 17.6 Å². The number of hydrogen-bond acceptors (Lipinski definition) is 5. The van der Waals surface area contributed by atoms with E-state index in [2.05, 4.69) is 0 Å². The lowest BCUT2D eigenvalue weighted by atomic mass is 10.0. The summed E-state index contributed by atoms with van der Waals surface area (Å²) in [6.45, 7) is 1.30. The average Bonchev–Trinajstić information content (AvgIpc) is 2.68. The summed E-state index contributed by atoms with van der Waals surface area (Å²) in [5, 5.41) is 0.292. The Hall–Kier alpha value is -3.41. The molecule has 3 aromatic rings. The van der Waals surface area contributed by atoms with Crippen molar-refractivity contribution >= 4 is 22.8 Å². The third kappa shape index (κ3) is 3.60.